The first-order valence-corrected chi connectivity index (χ1v) is 10.7. The molecule has 1 N–H and O–H groups in total. The smallest absolute Gasteiger partial charge is 0.136 e. The van der Waals surface area contributed by atoms with Crippen LogP contribution in [0.4, 0.5) is 5.69 Å². The molecule has 142 valence electrons. The number of unbranched alkanes of at least 4 members (excludes halogenated alkanes) is 1. The Hall–Kier alpha value is -2.62. The molecule has 0 aliphatic carbocycles. The summed E-state index contributed by atoms with van der Waals surface area (Å²) in [5.74, 6) is 0.850. The van der Waals surface area contributed by atoms with Gasteiger partial charge in [-0.3, -0.25) is 0 Å². The monoisotopic (exact) mass is 453 g/mol. The zero-order chi connectivity index (χ0) is 19.8. The van der Waals surface area contributed by atoms with Gasteiger partial charge in [0.1, 0.15) is 22.4 Å². The lowest BCUT2D eigenvalue weighted by atomic mass is 10.2. The highest BCUT2D eigenvalue weighted by atomic mass is 79.9. The van der Waals surface area contributed by atoms with E-state index in [4.69, 9.17) is 4.74 Å². The van der Waals surface area contributed by atoms with Gasteiger partial charge in [-0.2, -0.15) is 5.26 Å². The number of thiazole rings is 1. The van der Waals surface area contributed by atoms with E-state index in [1.807, 2.05) is 53.9 Å². The molecule has 1 heterocycles. The lowest BCUT2D eigenvalue weighted by Gasteiger charge is -2.06. The summed E-state index contributed by atoms with van der Waals surface area (Å²) >= 11 is 4.89. The molecule has 0 atom stereocenters. The van der Waals surface area contributed by atoms with Gasteiger partial charge in [0.05, 0.1) is 12.3 Å². The van der Waals surface area contributed by atoms with Crippen molar-refractivity contribution >= 4 is 38.5 Å². The molecule has 0 radical (unpaired) electrons. The van der Waals surface area contributed by atoms with Crippen LogP contribution in [0.3, 0.4) is 0 Å². The molecular formula is C22H20BrN3OS. The number of allylic oxidation sites excluding steroid dienone is 1. The summed E-state index contributed by atoms with van der Waals surface area (Å²) in [6.07, 6.45) is 3.85. The van der Waals surface area contributed by atoms with Crippen molar-refractivity contribution in [2.45, 2.75) is 19.8 Å². The maximum absolute atomic E-state index is 9.52. The summed E-state index contributed by atoms with van der Waals surface area (Å²) in [5, 5.41) is 15.3. The Labute approximate surface area is 177 Å². The van der Waals surface area contributed by atoms with Gasteiger partial charge in [0.15, 0.2) is 0 Å². The standard InChI is InChI=1S/C22H20BrN3OS/c1-2-3-12-27-20-10-8-19(9-11-20)25-14-17(13-24)22-26-21(15-28-22)16-4-6-18(23)7-5-16/h4-11,14-15,25H,2-3,12H2,1H3/b17-14-. The van der Waals surface area contributed by atoms with E-state index in [1.54, 1.807) is 6.20 Å². The number of nitrogens with one attached hydrogen (secondary N) is 1. The van der Waals surface area contributed by atoms with E-state index < -0.39 is 0 Å². The molecule has 0 aliphatic rings. The van der Waals surface area contributed by atoms with Crippen LogP contribution in [0.15, 0.2) is 64.6 Å². The number of halogens is 1. The molecule has 3 aromatic rings. The van der Waals surface area contributed by atoms with Crippen molar-refractivity contribution < 1.29 is 4.74 Å². The molecule has 0 amide bonds. The Morgan fingerprint density at radius 3 is 2.64 bits per heavy atom. The zero-order valence-corrected chi connectivity index (χ0v) is 17.9. The molecule has 0 fully saturated rings. The average molecular weight is 454 g/mol. The third-order valence-electron chi connectivity index (χ3n) is 4.00. The molecule has 0 unspecified atom stereocenters. The van der Waals surface area contributed by atoms with Gasteiger partial charge in [0, 0.05) is 27.3 Å². The quantitative estimate of drug-likeness (QED) is 0.303. The summed E-state index contributed by atoms with van der Waals surface area (Å²) in [6.45, 7) is 2.87. The van der Waals surface area contributed by atoms with Crippen molar-refractivity contribution in [1.29, 1.82) is 5.26 Å². The summed E-state index contributed by atoms with van der Waals surface area (Å²) < 4.78 is 6.69. The molecule has 28 heavy (non-hydrogen) atoms. The summed E-state index contributed by atoms with van der Waals surface area (Å²) in [6, 6.07) is 17.9. The van der Waals surface area contributed by atoms with Gasteiger partial charge < -0.3 is 10.1 Å². The van der Waals surface area contributed by atoms with Crippen molar-refractivity contribution in [3.63, 3.8) is 0 Å². The fraction of sp³-hybridized carbons (Fsp3) is 0.182. The van der Waals surface area contributed by atoms with E-state index in [9.17, 15) is 5.26 Å². The van der Waals surface area contributed by atoms with E-state index in [0.717, 1.165) is 46.6 Å². The second-order valence-corrected chi connectivity index (χ2v) is 7.86. The third kappa shape index (κ3) is 5.44. The normalized spacial score (nSPS) is 11.1. The van der Waals surface area contributed by atoms with Crippen molar-refractivity contribution in [2.24, 2.45) is 0 Å². The van der Waals surface area contributed by atoms with Crippen LogP contribution >= 0.6 is 27.3 Å². The molecular weight excluding hydrogens is 434 g/mol. The van der Waals surface area contributed by atoms with E-state index in [-0.39, 0.29) is 0 Å². The number of hydrogen-bond acceptors (Lipinski definition) is 5. The minimum atomic E-state index is 0.497. The molecule has 0 bridgehead atoms. The minimum Gasteiger partial charge on any atom is -0.494 e. The van der Waals surface area contributed by atoms with Crippen LogP contribution in [0.1, 0.15) is 24.8 Å². The molecule has 6 heteroatoms. The van der Waals surface area contributed by atoms with Crippen LogP contribution in [-0.2, 0) is 0 Å². The molecule has 0 saturated heterocycles. The van der Waals surface area contributed by atoms with E-state index in [2.05, 4.69) is 39.2 Å². The van der Waals surface area contributed by atoms with Crippen LogP contribution in [0, 0.1) is 11.3 Å². The highest BCUT2D eigenvalue weighted by Crippen LogP contribution is 2.27. The number of rotatable bonds is 8. The van der Waals surface area contributed by atoms with E-state index in [1.165, 1.54) is 11.3 Å². The van der Waals surface area contributed by atoms with E-state index >= 15 is 0 Å². The van der Waals surface area contributed by atoms with Gasteiger partial charge in [-0.1, -0.05) is 41.4 Å². The predicted molar refractivity (Wildman–Crippen MR) is 119 cm³/mol. The number of hydrogen-bond donors (Lipinski definition) is 1. The number of anilines is 1. The predicted octanol–water partition coefficient (Wildman–Crippen LogP) is 6.73. The molecule has 1 aromatic heterocycles. The van der Waals surface area contributed by atoms with E-state index in [0.29, 0.717) is 10.6 Å². The summed E-state index contributed by atoms with van der Waals surface area (Å²) in [5.41, 5.74) is 3.27. The van der Waals surface area contributed by atoms with Gasteiger partial charge in [0.25, 0.3) is 0 Å². The van der Waals surface area contributed by atoms with Crippen molar-refractivity contribution in [3.8, 4) is 23.1 Å². The Morgan fingerprint density at radius 1 is 1.21 bits per heavy atom. The number of aromatic nitrogens is 1. The highest BCUT2D eigenvalue weighted by Gasteiger charge is 2.09. The first-order chi connectivity index (χ1) is 13.7. The molecule has 3 rings (SSSR count). The largest absolute Gasteiger partial charge is 0.494 e. The van der Waals surface area contributed by atoms with Gasteiger partial charge in [0.2, 0.25) is 0 Å². The first-order valence-electron chi connectivity index (χ1n) is 9.01. The Balaban J connectivity index is 1.67. The molecule has 4 nitrogen and oxygen atoms in total. The summed E-state index contributed by atoms with van der Waals surface area (Å²) in [4.78, 5) is 4.60. The number of nitrogens with zero attached hydrogens (tertiary/aromatic N) is 2. The molecule has 0 saturated carbocycles. The maximum Gasteiger partial charge on any atom is 0.136 e. The number of nitriles is 1. The first kappa shape index (κ1) is 20.1. The fourth-order valence-corrected chi connectivity index (χ4v) is 3.49. The molecule has 0 aliphatic heterocycles. The Kier molecular flexibility index (Phi) is 7.24. The maximum atomic E-state index is 9.52. The zero-order valence-electron chi connectivity index (χ0n) is 15.5. The Bertz CT molecular complexity index is 972. The third-order valence-corrected chi connectivity index (χ3v) is 5.40. The number of benzene rings is 2. The van der Waals surface area contributed by atoms with Gasteiger partial charge in [-0.15, -0.1) is 11.3 Å². The van der Waals surface area contributed by atoms with Gasteiger partial charge in [-0.25, -0.2) is 4.98 Å². The SMILES string of the molecule is CCCCOc1ccc(N/C=C(/C#N)c2nc(-c3ccc(Br)cc3)cs2)cc1. The number of ether oxygens (including phenoxy) is 1. The highest BCUT2D eigenvalue weighted by molar-refractivity contribution is 9.10. The Morgan fingerprint density at radius 2 is 1.96 bits per heavy atom. The minimum absolute atomic E-state index is 0.497. The van der Waals surface area contributed by atoms with Crippen LogP contribution in [0.2, 0.25) is 0 Å². The van der Waals surface area contributed by atoms with Crippen LogP contribution < -0.4 is 10.1 Å². The van der Waals surface area contributed by atoms with Crippen LogP contribution in [-0.4, -0.2) is 11.6 Å². The van der Waals surface area contributed by atoms with Crippen molar-refractivity contribution in [1.82, 2.24) is 4.98 Å². The second kappa shape index (κ2) is 10.1. The summed E-state index contributed by atoms with van der Waals surface area (Å²) in [7, 11) is 0. The van der Waals surface area contributed by atoms with Gasteiger partial charge >= 0.3 is 0 Å². The van der Waals surface area contributed by atoms with Crippen molar-refractivity contribution in [3.05, 3.63) is 69.6 Å². The lowest BCUT2D eigenvalue weighted by molar-refractivity contribution is 0.309. The lowest BCUT2D eigenvalue weighted by Crippen LogP contribution is -1.96. The molecule has 0 spiro atoms. The average Bonchev–Trinajstić information content (AvgIpc) is 3.20. The fourth-order valence-electron chi connectivity index (χ4n) is 2.43. The van der Waals surface area contributed by atoms with Crippen LogP contribution in [0.25, 0.3) is 16.8 Å². The van der Waals surface area contributed by atoms with Crippen molar-refractivity contribution in [2.75, 3.05) is 11.9 Å². The second-order valence-electron chi connectivity index (χ2n) is 6.09. The topological polar surface area (TPSA) is 57.9 Å². The van der Waals surface area contributed by atoms with Crippen LogP contribution in [0.5, 0.6) is 5.75 Å². The van der Waals surface area contributed by atoms with Gasteiger partial charge in [-0.05, 0) is 42.8 Å². The molecule has 2 aromatic carbocycles.